The maximum atomic E-state index is 12.2. The summed E-state index contributed by atoms with van der Waals surface area (Å²) in [7, 11) is 0. The van der Waals surface area contributed by atoms with E-state index >= 15 is 0 Å². The Morgan fingerprint density at radius 3 is 2.75 bits per heavy atom. The van der Waals surface area contributed by atoms with Crippen LogP contribution in [0.3, 0.4) is 0 Å². The quantitative estimate of drug-likeness (QED) is 0.903. The summed E-state index contributed by atoms with van der Waals surface area (Å²) in [6.45, 7) is 1.88. The molecular weight excluding hydrogens is 324 g/mol. The molecule has 0 atom stereocenters. The zero-order valence-corrected chi connectivity index (χ0v) is 12.1. The third-order valence-corrected chi connectivity index (χ3v) is 3.73. The molecular formula is C14H11BrN2O3. The van der Waals surface area contributed by atoms with E-state index in [4.69, 9.17) is 5.11 Å². The summed E-state index contributed by atoms with van der Waals surface area (Å²) in [6, 6.07) is 8.20. The van der Waals surface area contributed by atoms with Crippen molar-refractivity contribution < 1.29 is 14.7 Å². The fourth-order valence-corrected chi connectivity index (χ4v) is 2.09. The lowest BCUT2D eigenvalue weighted by molar-refractivity contribution is 0.0690. The second kappa shape index (κ2) is 5.83. The van der Waals surface area contributed by atoms with E-state index < -0.39 is 5.97 Å². The number of anilines is 1. The number of carbonyl (C=O) groups is 2. The number of aromatic nitrogens is 1. The van der Waals surface area contributed by atoms with Crippen LogP contribution in [0.1, 0.15) is 26.4 Å². The SMILES string of the molecule is Cc1cccc(C(=O)Nc2ccnc(C(=O)O)c2)c1Br. The van der Waals surface area contributed by atoms with E-state index in [1.165, 1.54) is 18.3 Å². The molecule has 0 aliphatic heterocycles. The van der Waals surface area contributed by atoms with Gasteiger partial charge in [-0.1, -0.05) is 12.1 Å². The Balaban J connectivity index is 2.26. The van der Waals surface area contributed by atoms with Crippen molar-refractivity contribution in [2.45, 2.75) is 6.92 Å². The van der Waals surface area contributed by atoms with Crippen LogP contribution in [0.25, 0.3) is 0 Å². The Hall–Kier alpha value is -2.21. The van der Waals surface area contributed by atoms with Crippen LogP contribution < -0.4 is 5.32 Å². The first kappa shape index (κ1) is 14.2. The van der Waals surface area contributed by atoms with E-state index in [-0.39, 0.29) is 11.6 Å². The number of nitrogens with one attached hydrogen (secondary N) is 1. The number of halogens is 1. The molecule has 6 heteroatoms. The number of pyridine rings is 1. The lowest BCUT2D eigenvalue weighted by Crippen LogP contribution is -2.13. The molecule has 1 aromatic carbocycles. The minimum Gasteiger partial charge on any atom is -0.477 e. The van der Waals surface area contributed by atoms with Gasteiger partial charge in [0.05, 0.1) is 5.56 Å². The molecule has 102 valence electrons. The molecule has 2 N–H and O–H groups in total. The molecule has 0 bridgehead atoms. The van der Waals surface area contributed by atoms with Gasteiger partial charge in [0.15, 0.2) is 0 Å². The number of nitrogens with zero attached hydrogens (tertiary/aromatic N) is 1. The van der Waals surface area contributed by atoms with Crippen LogP contribution in [0.15, 0.2) is 41.0 Å². The molecule has 1 heterocycles. The predicted molar refractivity (Wildman–Crippen MR) is 78.0 cm³/mol. The maximum Gasteiger partial charge on any atom is 0.354 e. The van der Waals surface area contributed by atoms with E-state index in [0.717, 1.165) is 5.56 Å². The average Bonchev–Trinajstić information content (AvgIpc) is 2.42. The molecule has 2 rings (SSSR count). The summed E-state index contributed by atoms with van der Waals surface area (Å²) in [5.74, 6) is -1.46. The maximum absolute atomic E-state index is 12.2. The molecule has 0 aliphatic rings. The Labute approximate surface area is 123 Å². The van der Waals surface area contributed by atoms with Gasteiger partial charge >= 0.3 is 5.97 Å². The van der Waals surface area contributed by atoms with Crippen LogP contribution in [-0.4, -0.2) is 22.0 Å². The van der Waals surface area contributed by atoms with Crippen LogP contribution in [0.5, 0.6) is 0 Å². The number of carboxylic acid groups (broad SMARTS) is 1. The molecule has 5 nitrogen and oxygen atoms in total. The van der Waals surface area contributed by atoms with Gasteiger partial charge in [-0.05, 0) is 46.6 Å². The minimum atomic E-state index is -1.14. The van der Waals surface area contributed by atoms with Gasteiger partial charge in [-0.2, -0.15) is 0 Å². The Bertz CT molecular complexity index is 686. The number of carbonyl (C=O) groups excluding carboxylic acids is 1. The van der Waals surface area contributed by atoms with Gasteiger partial charge in [0.2, 0.25) is 0 Å². The lowest BCUT2D eigenvalue weighted by atomic mass is 10.1. The third-order valence-electron chi connectivity index (χ3n) is 2.67. The highest BCUT2D eigenvalue weighted by Gasteiger charge is 2.12. The monoisotopic (exact) mass is 334 g/mol. The van der Waals surface area contributed by atoms with Gasteiger partial charge in [0.25, 0.3) is 5.91 Å². The first-order valence-corrected chi connectivity index (χ1v) is 6.54. The first-order valence-electron chi connectivity index (χ1n) is 5.75. The van der Waals surface area contributed by atoms with Crippen LogP contribution in [-0.2, 0) is 0 Å². The van der Waals surface area contributed by atoms with Crippen molar-refractivity contribution in [2.75, 3.05) is 5.32 Å². The zero-order valence-electron chi connectivity index (χ0n) is 10.6. The second-order valence-electron chi connectivity index (χ2n) is 4.13. The summed E-state index contributed by atoms with van der Waals surface area (Å²) >= 11 is 3.36. The van der Waals surface area contributed by atoms with E-state index in [2.05, 4.69) is 26.2 Å². The van der Waals surface area contributed by atoms with E-state index in [1.807, 2.05) is 13.0 Å². The number of benzene rings is 1. The molecule has 0 unspecified atom stereocenters. The van der Waals surface area contributed by atoms with Crippen molar-refractivity contribution in [2.24, 2.45) is 0 Å². The number of amides is 1. The van der Waals surface area contributed by atoms with Crippen LogP contribution >= 0.6 is 15.9 Å². The molecule has 2 aromatic rings. The number of hydrogen-bond acceptors (Lipinski definition) is 3. The Morgan fingerprint density at radius 2 is 2.05 bits per heavy atom. The second-order valence-corrected chi connectivity index (χ2v) is 4.92. The molecule has 1 amide bonds. The van der Waals surface area contributed by atoms with Crippen molar-refractivity contribution >= 4 is 33.5 Å². The summed E-state index contributed by atoms with van der Waals surface area (Å²) in [5.41, 5.74) is 1.69. The molecule has 0 fully saturated rings. The summed E-state index contributed by atoms with van der Waals surface area (Å²) < 4.78 is 0.713. The number of rotatable bonds is 3. The summed E-state index contributed by atoms with van der Waals surface area (Å²) in [4.78, 5) is 26.7. The van der Waals surface area contributed by atoms with Crippen LogP contribution in [0.4, 0.5) is 5.69 Å². The Kier molecular flexibility index (Phi) is 4.14. The van der Waals surface area contributed by atoms with Gasteiger partial charge in [-0.3, -0.25) is 4.79 Å². The zero-order chi connectivity index (χ0) is 14.7. The molecule has 20 heavy (non-hydrogen) atoms. The van der Waals surface area contributed by atoms with Crippen molar-refractivity contribution in [1.82, 2.24) is 4.98 Å². The van der Waals surface area contributed by atoms with E-state index in [9.17, 15) is 9.59 Å². The van der Waals surface area contributed by atoms with E-state index in [1.54, 1.807) is 12.1 Å². The molecule has 0 aliphatic carbocycles. The molecule has 0 spiro atoms. The Morgan fingerprint density at radius 1 is 1.30 bits per heavy atom. The average molecular weight is 335 g/mol. The highest BCUT2D eigenvalue weighted by atomic mass is 79.9. The molecule has 0 saturated carbocycles. The van der Waals surface area contributed by atoms with Gasteiger partial charge in [0, 0.05) is 16.4 Å². The fourth-order valence-electron chi connectivity index (χ4n) is 1.65. The summed E-state index contributed by atoms with van der Waals surface area (Å²) in [6.07, 6.45) is 1.34. The minimum absolute atomic E-state index is 0.119. The van der Waals surface area contributed by atoms with Crippen molar-refractivity contribution in [1.29, 1.82) is 0 Å². The van der Waals surface area contributed by atoms with Crippen molar-refractivity contribution in [3.63, 3.8) is 0 Å². The first-order chi connectivity index (χ1) is 9.49. The number of hydrogen-bond donors (Lipinski definition) is 2. The normalized spacial score (nSPS) is 10.1. The fraction of sp³-hybridized carbons (Fsp3) is 0.0714. The smallest absolute Gasteiger partial charge is 0.354 e. The molecule has 0 radical (unpaired) electrons. The molecule has 1 aromatic heterocycles. The number of aromatic carboxylic acids is 1. The summed E-state index contributed by atoms with van der Waals surface area (Å²) in [5, 5.41) is 11.5. The van der Waals surface area contributed by atoms with Crippen molar-refractivity contribution in [3.8, 4) is 0 Å². The number of aryl methyl sites for hydroxylation is 1. The highest BCUT2D eigenvalue weighted by Crippen LogP contribution is 2.22. The van der Waals surface area contributed by atoms with E-state index in [0.29, 0.717) is 15.7 Å². The lowest BCUT2D eigenvalue weighted by Gasteiger charge is -2.08. The van der Waals surface area contributed by atoms with Gasteiger partial charge < -0.3 is 10.4 Å². The predicted octanol–water partition coefficient (Wildman–Crippen LogP) is 3.10. The van der Waals surface area contributed by atoms with Crippen LogP contribution in [0, 0.1) is 6.92 Å². The third kappa shape index (κ3) is 3.03. The van der Waals surface area contributed by atoms with Gasteiger partial charge in [-0.15, -0.1) is 0 Å². The van der Waals surface area contributed by atoms with Crippen LogP contribution in [0.2, 0.25) is 0 Å². The number of carboxylic acids is 1. The van der Waals surface area contributed by atoms with Gasteiger partial charge in [-0.25, -0.2) is 9.78 Å². The standard InChI is InChI=1S/C14H11BrN2O3/c1-8-3-2-4-10(12(8)15)13(18)17-9-5-6-16-11(7-9)14(19)20/h2-7H,1H3,(H,19,20)(H,16,17,18). The largest absolute Gasteiger partial charge is 0.477 e. The van der Waals surface area contributed by atoms with Gasteiger partial charge in [0.1, 0.15) is 5.69 Å². The van der Waals surface area contributed by atoms with Crippen molar-refractivity contribution in [3.05, 3.63) is 57.8 Å². The highest BCUT2D eigenvalue weighted by molar-refractivity contribution is 9.10. The molecule has 0 saturated heterocycles. The topological polar surface area (TPSA) is 79.3 Å².